The minimum absolute atomic E-state index is 0.223. The van der Waals surface area contributed by atoms with Crippen LogP contribution < -0.4 is 0 Å². The topological polar surface area (TPSA) is 44.8 Å². The van der Waals surface area contributed by atoms with Crippen LogP contribution in [0, 0.1) is 11.8 Å². The third-order valence-corrected chi connectivity index (χ3v) is 7.42. The van der Waals surface area contributed by atoms with Gasteiger partial charge in [-0.2, -0.15) is 0 Å². The zero-order valence-corrected chi connectivity index (χ0v) is 17.5. The van der Waals surface area contributed by atoms with E-state index in [-0.39, 0.29) is 6.61 Å². The lowest BCUT2D eigenvalue weighted by molar-refractivity contribution is -0.0685. The molecule has 1 unspecified atom stereocenters. The molecule has 28 heavy (non-hydrogen) atoms. The normalized spacial score (nSPS) is 28.4. The smallest absolute Gasteiger partial charge is 0.497 e. The first-order valence-electron chi connectivity index (χ1n) is 11.4. The van der Waals surface area contributed by atoms with Crippen LogP contribution >= 0.6 is 0 Å². The molecular weight excluding hydrogens is 352 g/mol. The van der Waals surface area contributed by atoms with Crippen LogP contribution in [0.5, 0.6) is 0 Å². The highest BCUT2D eigenvalue weighted by atomic mass is 16.8. The van der Waals surface area contributed by atoms with Gasteiger partial charge in [-0.1, -0.05) is 77.4 Å². The second kappa shape index (κ2) is 9.84. The van der Waals surface area contributed by atoms with Crippen LogP contribution in [-0.4, -0.2) is 24.0 Å². The molecule has 4 heteroatoms. The molecule has 158 valence electrons. The molecule has 1 atom stereocenters. The summed E-state index contributed by atoms with van der Waals surface area (Å²) in [6, 6.07) is 0. The van der Waals surface area contributed by atoms with Gasteiger partial charge in [0.25, 0.3) is 0 Å². The Bertz CT molecular complexity index is 509. The van der Waals surface area contributed by atoms with Crippen LogP contribution in [0.15, 0.2) is 25.5 Å². The van der Waals surface area contributed by atoms with Crippen LogP contribution in [0.4, 0.5) is 4.79 Å². The van der Waals surface area contributed by atoms with Crippen molar-refractivity contribution in [2.45, 2.75) is 101 Å². The Balaban J connectivity index is 1.76. The summed E-state index contributed by atoms with van der Waals surface area (Å²) in [5.74, 6) is 1.45. The number of cyclic esters (lactones) is 2. The Morgan fingerprint density at radius 2 is 1.43 bits per heavy atom. The molecular formula is C24H38O4. The standard InChI is InChI=1S/C24H38O4/c1-3-23(19-26-4-2)24(28-22(25)27-23,17-15-20-11-7-5-8-12-20)18-16-21-13-9-6-10-14-21/h3-4,20-21H,1-2,5-19H2. The van der Waals surface area contributed by atoms with Crippen molar-refractivity contribution in [2.24, 2.45) is 11.8 Å². The van der Waals surface area contributed by atoms with Gasteiger partial charge in [0.2, 0.25) is 5.60 Å². The molecule has 3 rings (SSSR count). The minimum Gasteiger partial charge on any atom is -0.497 e. The maximum Gasteiger partial charge on any atom is 0.510 e. The lowest BCUT2D eigenvalue weighted by atomic mass is 9.72. The van der Waals surface area contributed by atoms with E-state index in [1.54, 1.807) is 6.08 Å². The lowest BCUT2D eigenvalue weighted by Crippen LogP contribution is -2.53. The first-order chi connectivity index (χ1) is 13.6. The molecule has 1 aliphatic heterocycles. The fourth-order valence-corrected chi connectivity index (χ4v) is 5.62. The third kappa shape index (κ3) is 4.75. The van der Waals surface area contributed by atoms with E-state index in [1.165, 1.54) is 70.5 Å². The Hall–Kier alpha value is -1.45. The number of rotatable bonds is 10. The summed E-state index contributed by atoms with van der Waals surface area (Å²) < 4.78 is 17.3. The molecule has 0 bridgehead atoms. The van der Waals surface area contributed by atoms with E-state index in [0.29, 0.717) is 0 Å². The van der Waals surface area contributed by atoms with Crippen molar-refractivity contribution in [3.05, 3.63) is 25.5 Å². The van der Waals surface area contributed by atoms with Crippen LogP contribution in [0.25, 0.3) is 0 Å². The summed E-state index contributed by atoms with van der Waals surface area (Å²) in [7, 11) is 0. The van der Waals surface area contributed by atoms with Gasteiger partial charge in [0.05, 0.1) is 6.26 Å². The summed E-state index contributed by atoms with van der Waals surface area (Å²) >= 11 is 0. The predicted octanol–water partition coefficient (Wildman–Crippen LogP) is 6.70. The van der Waals surface area contributed by atoms with Crippen molar-refractivity contribution in [1.29, 1.82) is 0 Å². The Morgan fingerprint density at radius 1 is 0.893 bits per heavy atom. The SMILES string of the molecule is C=COCC1(C=C)OC(=O)OC1(CCC1CCCCC1)CCC1CCCCC1. The van der Waals surface area contributed by atoms with Crippen LogP contribution in [0.2, 0.25) is 0 Å². The summed E-state index contributed by atoms with van der Waals surface area (Å²) in [6.45, 7) is 7.89. The molecule has 0 aromatic carbocycles. The molecule has 0 aromatic rings. The average Bonchev–Trinajstić information content (AvgIpc) is 3.02. The zero-order valence-electron chi connectivity index (χ0n) is 17.5. The van der Waals surface area contributed by atoms with Gasteiger partial charge in [-0.3, -0.25) is 0 Å². The molecule has 1 heterocycles. The molecule has 0 amide bonds. The predicted molar refractivity (Wildman–Crippen MR) is 111 cm³/mol. The highest BCUT2D eigenvalue weighted by Crippen LogP contribution is 2.47. The van der Waals surface area contributed by atoms with Gasteiger partial charge >= 0.3 is 6.16 Å². The number of carbonyl (C=O) groups is 1. The number of carbonyl (C=O) groups excluding carboxylic acids is 1. The molecule has 1 saturated heterocycles. The molecule has 0 aromatic heterocycles. The van der Waals surface area contributed by atoms with Gasteiger partial charge < -0.3 is 14.2 Å². The maximum atomic E-state index is 12.3. The van der Waals surface area contributed by atoms with Gasteiger partial charge in [-0.05, 0) is 43.6 Å². The monoisotopic (exact) mass is 390 g/mol. The van der Waals surface area contributed by atoms with E-state index >= 15 is 0 Å². The van der Waals surface area contributed by atoms with Gasteiger partial charge in [0.15, 0.2) is 5.60 Å². The summed E-state index contributed by atoms with van der Waals surface area (Å²) in [4.78, 5) is 12.3. The van der Waals surface area contributed by atoms with Gasteiger partial charge in [-0.25, -0.2) is 4.79 Å². The zero-order chi connectivity index (χ0) is 19.9. The van der Waals surface area contributed by atoms with E-state index in [0.717, 1.165) is 37.5 Å². The minimum atomic E-state index is -0.929. The fraction of sp³-hybridized carbons (Fsp3) is 0.792. The average molecular weight is 391 g/mol. The molecule has 3 aliphatic rings. The molecule has 3 fully saturated rings. The summed E-state index contributed by atoms with van der Waals surface area (Å²) in [6.07, 6.45) is 19.5. The largest absolute Gasteiger partial charge is 0.510 e. The quantitative estimate of drug-likeness (QED) is 0.236. The van der Waals surface area contributed by atoms with Gasteiger partial charge in [0.1, 0.15) is 6.61 Å². The van der Waals surface area contributed by atoms with E-state index in [9.17, 15) is 4.79 Å². The van der Waals surface area contributed by atoms with E-state index in [4.69, 9.17) is 14.2 Å². The Kier molecular flexibility index (Phi) is 7.48. The molecule has 0 radical (unpaired) electrons. The van der Waals surface area contributed by atoms with E-state index < -0.39 is 17.4 Å². The van der Waals surface area contributed by atoms with Crippen molar-refractivity contribution >= 4 is 6.16 Å². The molecule has 2 aliphatic carbocycles. The van der Waals surface area contributed by atoms with E-state index in [1.807, 2.05) is 0 Å². The molecule has 0 N–H and O–H groups in total. The number of ether oxygens (including phenoxy) is 3. The first kappa shape index (κ1) is 21.3. The van der Waals surface area contributed by atoms with Crippen molar-refractivity contribution in [2.75, 3.05) is 6.61 Å². The van der Waals surface area contributed by atoms with Crippen LogP contribution in [0.1, 0.15) is 89.9 Å². The van der Waals surface area contributed by atoms with Gasteiger partial charge in [-0.15, -0.1) is 0 Å². The van der Waals surface area contributed by atoms with Crippen molar-refractivity contribution in [1.82, 2.24) is 0 Å². The second-order valence-corrected chi connectivity index (χ2v) is 9.11. The van der Waals surface area contributed by atoms with Crippen LogP contribution in [-0.2, 0) is 14.2 Å². The molecule has 4 nitrogen and oxygen atoms in total. The number of hydrogen-bond acceptors (Lipinski definition) is 4. The third-order valence-electron chi connectivity index (χ3n) is 7.42. The number of hydrogen-bond donors (Lipinski definition) is 0. The Labute approximate surface area is 170 Å². The highest BCUT2D eigenvalue weighted by molar-refractivity contribution is 5.65. The Morgan fingerprint density at radius 3 is 1.89 bits per heavy atom. The van der Waals surface area contributed by atoms with Crippen molar-refractivity contribution < 1.29 is 19.0 Å². The highest BCUT2D eigenvalue weighted by Gasteiger charge is 2.61. The lowest BCUT2D eigenvalue weighted by Gasteiger charge is -2.40. The van der Waals surface area contributed by atoms with Crippen LogP contribution in [0.3, 0.4) is 0 Å². The fourth-order valence-electron chi connectivity index (χ4n) is 5.62. The second-order valence-electron chi connectivity index (χ2n) is 9.11. The maximum absolute atomic E-state index is 12.3. The first-order valence-corrected chi connectivity index (χ1v) is 11.4. The summed E-state index contributed by atoms with van der Waals surface area (Å²) in [5, 5.41) is 0. The molecule has 0 spiro atoms. The van der Waals surface area contributed by atoms with Crippen molar-refractivity contribution in [3.8, 4) is 0 Å². The van der Waals surface area contributed by atoms with Crippen molar-refractivity contribution in [3.63, 3.8) is 0 Å². The summed E-state index contributed by atoms with van der Waals surface area (Å²) in [5.41, 5.74) is -1.61. The van der Waals surface area contributed by atoms with E-state index in [2.05, 4.69) is 13.2 Å². The molecule has 2 saturated carbocycles. The van der Waals surface area contributed by atoms with Gasteiger partial charge in [0, 0.05) is 0 Å².